The fourth-order valence-electron chi connectivity index (χ4n) is 1.34. The molecule has 0 unspecified atom stereocenters. The number of halogens is 1. The number of primary amides is 1. The van der Waals surface area contributed by atoms with Crippen molar-refractivity contribution in [1.29, 1.82) is 0 Å². The van der Waals surface area contributed by atoms with Crippen LogP contribution in [-0.2, 0) is 9.59 Å². The van der Waals surface area contributed by atoms with Crippen LogP contribution >= 0.6 is 0 Å². The van der Waals surface area contributed by atoms with Crippen LogP contribution in [0.15, 0.2) is 24.3 Å². The Morgan fingerprint density at radius 1 is 1.35 bits per heavy atom. The number of hydrogen-bond donors (Lipinski definition) is 2. The molecule has 4 N–H and O–H groups in total. The van der Waals surface area contributed by atoms with E-state index in [1.54, 1.807) is 0 Å². The zero-order valence-electron chi connectivity index (χ0n) is 9.39. The summed E-state index contributed by atoms with van der Waals surface area (Å²) in [6, 6.07) is 4.38. The van der Waals surface area contributed by atoms with Gasteiger partial charge in [0, 0.05) is 12.7 Å². The van der Waals surface area contributed by atoms with Crippen molar-refractivity contribution >= 4 is 17.5 Å². The molecule has 0 radical (unpaired) electrons. The Morgan fingerprint density at radius 3 is 2.35 bits per heavy atom. The highest BCUT2D eigenvalue weighted by atomic mass is 19.1. The van der Waals surface area contributed by atoms with Gasteiger partial charge in [-0.3, -0.25) is 9.59 Å². The Balaban J connectivity index is 2.75. The quantitative estimate of drug-likeness (QED) is 0.774. The summed E-state index contributed by atoms with van der Waals surface area (Å²) in [7, 11) is 1.50. The van der Waals surface area contributed by atoms with E-state index in [2.05, 4.69) is 0 Å². The molecule has 1 aromatic carbocycles. The third kappa shape index (κ3) is 3.53. The summed E-state index contributed by atoms with van der Waals surface area (Å²) in [6.07, 6.45) is -0.218. The van der Waals surface area contributed by atoms with Crippen LogP contribution < -0.4 is 16.4 Å². The summed E-state index contributed by atoms with van der Waals surface area (Å²) in [4.78, 5) is 23.7. The van der Waals surface area contributed by atoms with Crippen molar-refractivity contribution in [3.05, 3.63) is 30.1 Å². The molecule has 0 saturated carbocycles. The van der Waals surface area contributed by atoms with Gasteiger partial charge in [0.2, 0.25) is 11.8 Å². The molecular weight excluding hydrogens is 225 g/mol. The van der Waals surface area contributed by atoms with E-state index in [0.717, 1.165) is 0 Å². The Hall–Kier alpha value is -1.95. The van der Waals surface area contributed by atoms with Gasteiger partial charge in [-0.15, -0.1) is 0 Å². The molecule has 1 aromatic rings. The van der Waals surface area contributed by atoms with Crippen molar-refractivity contribution < 1.29 is 14.0 Å². The van der Waals surface area contributed by atoms with Crippen molar-refractivity contribution in [3.63, 3.8) is 0 Å². The van der Waals surface area contributed by atoms with E-state index < -0.39 is 23.7 Å². The lowest BCUT2D eigenvalue weighted by Gasteiger charge is -2.20. The monoisotopic (exact) mass is 239 g/mol. The predicted molar refractivity (Wildman–Crippen MR) is 61.6 cm³/mol. The molecule has 0 saturated heterocycles. The van der Waals surface area contributed by atoms with Crippen molar-refractivity contribution in [1.82, 2.24) is 0 Å². The Bertz CT molecular complexity index is 419. The molecule has 92 valence electrons. The normalized spacial score (nSPS) is 11.9. The van der Waals surface area contributed by atoms with E-state index in [1.807, 2.05) is 0 Å². The topological polar surface area (TPSA) is 89.4 Å². The molecule has 2 amide bonds. The molecule has 0 aliphatic heterocycles. The summed E-state index contributed by atoms with van der Waals surface area (Å²) >= 11 is 0. The number of nitrogens with two attached hydrogens (primary N) is 2. The number of nitrogens with zero attached hydrogens (tertiary/aromatic N) is 1. The summed E-state index contributed by atoms with van der Waals surface area (Å²) in [5.41, 5.74) is 11.0. The maximum absolute atomic E-state index is 12.7. The standard InChI is InChI=1S/C11H14FN3O2/c1-15(8-4-2-7(12)3-5-8)11(17)9(13)6-10(14)16/h2-5,9H,6,13H2,1H3,(H2,14,16)/t9-/m0/s1. The number of amides is 2. The van der Waals surface area contributed by atoms with E-state index in [9.17, 15) is 14.0 Å². The minimum atomic E-state index is -0.984. The second-order valence-electron chi connectivity index (χ2n) is 3.65. The number of benzene rings is 1. The molecule has 0 bridgehead atoms. The molecule has 5 nitrogen and oxygen atoms in total. The van der Waals surface area contributed by atoms with Crippen LogP contribution in [0.1, 0.15) is 6.42 Å². The van der Waals surface area contributed by atoms with Gasteiger partial charge in [0.15, 0.2) is 0 Å². The largest absolute Gasteiger partial charge is 0.370 e. The Labute approximate surface area is 98.2 Å². The lowest BCUT2D eigenvalue weighted by atomic mass is 10.1. The van der Waals surface area contributed by atoms with Gasteiger partial charge in [0.05, 0.1) is 12.5 Å². The van der Waals surface area contributed by atoms with Crippen LogP contribution in [0.2, 0.25) is 0 Å². The SMILES string of the molecule is CN(C(=O)[C@@H](N)CC(N)=O)c1ccc(F)cc1. The van der Waals surface area contributed by atoms with Crippen molar-refractivity contribution in [2.45, 2.75) is 12.5 Å². The lowest BCUT2D eigenvalue weighted by molar-refractivity contribution is -0.124. The second kappa shape index (κ2) is 5.40. The first-order valence-electron chi connectivity index (χ1n) is 4.99. The highest BCUT2D eigenvalue weighted by Crippen LogP contribution is 2.14. The molecule has 0 heterocycles. The summed E-state index contributed by atoms with van der Waals surface area (Å²) < 4.78 is 12.7. The van der Waals surface area contributed by atoms with Crippen LogP contribution in [0.5, 0.6) is 0 Å². The fraction of sp³-hybridized carbons (Fsp3) is 0.273. The number of carbonyl (C=O) groups excluding carboxylic acids is 2. The average Bonchev–Trinajstić information content (AvgIpc) is 2.27. The van der Waals surface area contributed by atoms with Gasteiger partial charge < -0.3 is 16.4 Å². The molecule has 1 rings (SSSR count). The molecule has 0 aromatic heterocycles. The number of anilines is 1. The smallest absolute Gasteiger partial charge is 0.244 e. The first-order chi connectivity index (χ1) is 7.91. The second-order valence-corrected chi connectivity index (χ2v) is 3.65. The molecule has 0 aliphatic rings. The molecule has 0 aliphatic carbocycles. The maximum atomic E-state index is 12.7. The zero-order chi connectivity index (χ0) is 13.0. The zero-order valence-corrected chi connectivity index (χ0v) is 9.39. The van der Waals surface area contributed by atoms with Crippen molar-refractivity contribution in [3.8, 4) is 0 Å². The van der Waals surface area contributed by atoms with Gasteiger partial charge in [-0.2, -0.15) is 0 Å². The average molecular weight is 239 g/mol. The lowest BCUT2D eigenvalue weighted by Crippen LogP contribution is -2.44. The van der Waals surface area contributed by atoms with E-state index >= 15 is 0 Å². The van der Waals surface area contributed by atoms with Crippen LogP contribution in [0, 0.1) is 5.82 Å². The van der Waals surface area contributed by atoms with Gasteiger partial charge in [-0.25, -0.2) is 4.39 Å². The van der Waals surface area contributed by atoms with Crippen LogP contribution in [-0.4, -0.2) is 24.9 Å². The van der Waals surface area contributed by atoms with E-state index in [-0.39, 0.29) is 6.42 Å². The van der Waals surface area contributed by atoms with Crippen molar-refractivity contribution in [2.24, 2.45) is 11.5 Å². The Kier molecular flexibility index (Phi) is 4.17. The van der Waals surface area contributed by atoms with Gasteiger partial charge in [0.1, 0.15) is 5.82 Å². The third-order valence-electron chi connectivity index (χ3n) is 2.28. The number of hydrogen-bond acceptors (Lipinski definition) is 3. The van der Waals surface area contributed by atoms with Crippen LogP contribution in [0.4, 0.5) is 10.1 Å². The predicted octanol–water partition coefficient (Wildman–Crippen LogP) is -0.00880. The van der Waals surface area contributed by atoms with Crippen LogP contribution in [0.3, 0.4) is 0 Å². The van der Waals surface area contributed by atoms with E-state index in [4.69, 9.17) is 11.5 Å². The minimum Gasteiger partial charge on any atom is -0.370 e. The van der Waals surface area contributed by atoms with Crippen LogP contribution in [0.25, 0.3) is 0 Å². The molecular formula is C11H14FN3O2. The first kappa shape index (κ1) is 13.1. The van der Waals surface area contributed by atoms with Crippen molar-refractivity contribution in [2.75, 3.05) is 11.9 Å². The van der Waals surface area contributed by atoms with E-state index in [0.29, 0.717) is 5.69 Å². The summed E-state index contributed by atoms with van der Waals surface area (Å²) in [5, 5.41) is 0. The van der Waals surface area contributed by atoms with E-state index in [1.165, 1.54) is 36.2 Å². The van der Waals surface area contributed by atoms with Gasteiger partial charge in [-0.05, 0) is 24.3 Å². The number of likely N-dealkylation sites (N-methyl/N-ethyl adjacent to an activating group) is 1. The molecule has 0 fully saturated rings. The minimum absolute atomic E-state index is 0.218. The van der Waals surface area contributed by atoms with Gasteiger partial charge >= 0.3 is 0 Å². The number of rotatable bonds is 4. The summed E-state index contributed by atoms with van der Waals surface area (Å²) in [5.74, 6) is -1.48. The molecule has 17 heavy (non-hydrogen) atoms. The summed E-state index contributed by atoms with van der Waals surface area (Å²) in [6.45, 7) is 0. The van der Waals surface area contributed by atoms with Gasteiger partial charge in [0.25, 0.3) is 0 Å². The third-order valence-corrected chi connectivity index (χ3v) is 2.28. The highest BCUT2D eigenvalue weighted by molar-refractivity contribution is 5.98. The maximum Gasteiger partial charge on any atom is 0.244 e. The molecule has 0 spiro atoms. The molecule has 6 heteroatoms. The number of carbonyl (C=O) groups is 2. The Morgan fingerprint density at radius 2 is 1.88 bits per heavy atom. The fourth-order valence-corrected chi connectivity index (χ4v) is 1.34. The molecule has 1 atom stereocenters. The van der Waals surface area contributed by atoms with Gasteiger partial charge in [-0.1, -0.05) is 0 Å². The first-order valence-corrected chi connectivity index (χ1v) is 4.99. The highest BCUT2D eigenvalue weighted by Gasteiger charge is 2.20.